The number of hydrogen-bond donors (Lipinski definition) is 2. The number of carbonyl (C=O) groups is 1. The molecule has 39 heavy (non-hydrogen) atoms. The van der Waals surface area contributed by atoms with E-state index in [0.29, 0.717) is 25.5 Å². The van der Waals surface area contributed by atoms with Crippen LogP contribution in [0.15, 0.2) is 83.7 Å². The van der Waals surface area contributed by atoms with Gasteiger partial charge in [0.1, 0.15) is 17.8 Å². The van der Waals surface area contributed by atoms with E-state index in [9.17, 15) is 4.79 Å². The highest BCUT2D eigenvalue weighted by Crippen LogP contribution is 2.26. The Labute approximate surface area is 226 Å². The van der Waals surface area contributed by atoms with Crippen molar-refractivity contribution in [2.45, 2.75) is 26.1 Å². The van der Waals surface area contributed by atoms with Crippen molar-refractivity contribution in [3.8, 4) is 11.5 Å². The van der Waals surface area contributed by atoms with Crippen LogP contribution in [0.25, 0.3) is 10.9 Å². The first-order valence-corrected chi connectivity index (χ1v) is 12.7. The number of nitrogens with zero attached hydrogens (tertiary/aromatic N) is 3. The Balaban J connectivity index is 1.32. The molecule has 1 amide bonds. The molecule has 0 saturated heterocycles. The average molecular weight is 526 g/mol. The Bertz CT molecular complexity index is 1530. The maximum absolute atomic E-state index is 12.7. The molecule has 9 heteroatoms. The molecule has 5 rings (SSSR count). The number of aromatic amines is 1. The van der Waals surface area contributed by atoms with E-state index in [1.807, 2.05) is 48.5 Å². The van der Waals surface area contributed by atoms with Gasteiger partial charge in [-0.15, -0.1) is 0 Å². The van der Waals surface area contributed by atoms with Crippen molar-refractivity contribution in [3.63, 3.8) is 0 Å². The van der Waals surface area contributed by atoms with Crippen LogP contribution in [0, 0.1) is 0 Å². The number of methoxy groups -OCH3 is 2. The second kappa shape index (κ2) is 12.3. The van der Waals surface area contributed by atoms with Gasteiger partial charge < -0.3 is 24.2 Å². The molecule has 200 valence electrons. The van der Waals surface area contributed by atoms with Crippen molar-refractivity contribution in [3.05, 3.63) is 108 Å². The maximum Gasteiger partial charge on any atom is 0.273 e. The van der Waals surface area contributed by atoms with Crippen LogP contribution in [0.5, 0.6) is 11.5 Å². The van der Waals surface area contributed by atoms with Crippen molar-refractivity contribution in [2.24, 2.45) is 0 Å². The molecular weight excluding hydrogens is 494 g/mol. The molecule has 5 aromatic rings. The molecule has 0 spiro atoms. The van der Waals surface area contributed by atoms with Crippen LogP contribution >= 0.6 is 0 Å². The number of pyridine rings is 1. The van der Waals surface area contributed by atoms with Crippen LogP contribution in [0.1, 0.15) is 33.2 Å². The fraction of sp³-hybridized carbons (Fsp3) is 0.233. The van der Waals surface area contributed by atoms with Crippen molar-refractivity contribution < 1.29 is 18.7 Å². The van der Waals surface area contributed by atoms with Gasteiger partial charge in [0, 0.05) is 41.9 Å². The molecule has 0 radical (unpaired) electrons. The number of benzene rings is 2. The Morgan fingerprint density at radius 3 is 2.72 bits per heavy atom. The summed E-state index contributed by atoms with van der Waals surface area (Å²) >= 11 is 0. The molecular formula is C30H31N5O4. The number of H-pyrrole nitrogens is 1. The number of amides is 1. The molecule has 0 fully saturated rings. The summed E-state index contributed by atoms with van der Waals surface area (Å²) in [6.07, 6.45) is 5.96. The number of hydrogen-bond acceptors (Lipinski definition) is 7. The van der Waals surface area contributed by atoms with E-state index in [2.05, 4.69) is 43.5 Å². The number of para-hydroxylation sites is 1. The van der Waals surface area contributed by atoms with Crippen LogP contribution < -0.4 is 14.8 Å². The zero-order valence-electron chi connectivity index (χ0n) is 22.0. The minimum atomic E-state index is -0.310. The first-order valence-electron chi connectivity index (χ1n) is 12.7. The zero-order chi connectivity index (χ0) is 27.0. The molecule has 0 atom stereocenters. The Kier molecular flexibility index (Phi) is 8.18. The molecule has 0 aliphatic carbocycles. The topological polar surface area (TPSA) is 106 Å². The molecule has 0 bridgehead atoms. The molecule has 0 aliphatic rings. The van der Waals surface area contributed by atoms with Gasteiger partial charge in [-0.1, -0.05) is 24.3 Å². The monoisotopic (exact) mass is 525 g/mol. The molecule has 3 aromatic heterocycles. The van der Waals surface area contributed by atoms with E-state index in [-0.39, 0.29) is 11.6 Å². The van der Waals surface area contributed by atoms with E-state index in [4.69, 9.17) is 13.9 Å². The van der Waals surface area contributed by atoms with Gasteiger partial charge in [0.05, 0.1) is 33.0 Å². The Morgan fingerprint density at radius 1 is 1.03 bits per heavy atom. The minimum Gasteiger partial charge on any atom is -0.497 e. The first-order chi connectivity index (χ1) is 19.1. The van der Waals surface area contributed by atoms with Crippen LogP contribution in [0.2, 0.25) is 0 Å². The third-order valence-corrected chi connectivity index (χ3v) is 6.55. The number of fused-ring (bicyclic) bond motifs is 1. The molecule has 0 saturated carbocycles. The summed E-state index contributed by atoms with van der Waals surface area (Å²) in [4.78, 5) is 26.9. The Morgan fingerprint density at radius 2 is 1.90 bits per heavy atom. The van der Waals surface area contributed by atoms with Gasteiger partial charge in [0.2, 0.25) is 5.89 Å². The van der Waals surface area contributed by atoms with Gasteiger partial charge in [-0.25, -0.2) is 4.98 Å². The summed E-state index contributed by atoms with van der Waals surface area (Å²) in [5.74, 6) is 1.68. The summed E-state index contributed by atoms with van der Waals surface area (Å²) in [7, 11) is 3.30. The molecule has 9 nitrogen and oxygen atoms in total. The quantitative estimate of drug-likeness (QED) is 0.242. The average Bonchev–Trinajstić information content (AvgIpc) is 3.62. The zero-order valence-corrected chi connectivity index (χ0v) is 22.0. The normalized spacial score (nSPS) is 11.2. The van der Waals surface area contributed by atoms with Crippen LogP contribution in [0.4, 0.5) is 0 Å². The number of ether oxygens (including phenoxy) is 2. The van der Waals surface area contributed by atoms with Gasteiger partial charge in [-0.3, -0.25) is 14.7 Å². The molecule has 0 unspecified atom stereocenters. The molecule has 2 aromatic carbocycles. The van der Waals surface area contributed by atoms with Crippen LogP contribution in [-0.4, -0.2) is 46.5 Å². The second-order valence-corrected chi connectivity index (χ2v) is 9.13. The van der Waals surface area contributed by atoms with Crippen molar-refractivity contribution in [1.29, 1.82) is 0 Å². The number of nitrogens with one attached hydrogen (secondary N) is 2. The largest absolute Gasteiger partial charge is 0.497 e. The summed E-state index contributed by atoms with van der Waals surface area (Å²) < 4.78 is 16.8. The predicted molar refractivity (Wildman–Crippen MR) is 148 cm³/mol. The number of rotatable bonds is 12. The van der Waals surface area contributed by atoms with E-state index in [1.165, 1.54) is 17.2 Å². The fourth-order valence-corrected chi connectivity index (χ4v) is 4.52. The predicted octanol–water partition coefficient (Wildman–Crippen LogP) is 4.74. The van der Waals surface area contributed by atoms with E-state index in [1.54, 1.807) is 20.4 Å². The molecule has 0 aliphatic heterocycles. The minimum absolute atomic E-state index is 0.233. The summed E-state index contributed by atoms with van der Waals surface area (Å²) in [6, 6.07) is 19.6. The second-order valence-electron chi connectivity index (χ2n) is 9.13. The lowest BCUT2D eigenvalue weighted by molar-refractivity contribution is 0.0945. The van der Waals surface area contributed by atoms with Crippen LogP contribution in [-0.2, 0) is 26.1 Å². The van der Waals surface area contributed by atoms with Crippen molar-refractivity contribution in [1.82, 2.24) is 25.2 Å². The number of aromatic nitrogens is 3. The molecule has 3 heterocycles. The first kappa shape index (κ1) is 26.0. The third-order valence-electron chi connectivity index (χ3n) is 6.55. The highest BCUT2D eigenvalue weighted by Gasteiger charge is 2.18. The summed E-state index contributed by atoms with van der Waals surface area (Å²) in [6.45, 7) is 2.03. The summed E-state index contributed by atoms with van der Waals surface area (Å²) in [5, 5.41) is 4.05. The van der Waals surface area contributed by atoms with E-state index < -0.39 is 0 Å². The summed E-state index contributed by atoms with van der Waals surface area (Å²) in [5.41, 5.74) is 4.33. The van der Waals surface area contributed by atoms with Gasteiger partial charge >= 0.3 is 0 Å². The highest BCUT2D eigenvalue weighted by molar-refractivity contribution is 5.91. The lowest BCUT2D eigenvalue weighted by Gasteiger charge is -2.22. The maximum atomic E-state index is 12.7. The lowest BCUT2D eigenvalue weighted by atomic mass is 10.1. The van der Waals surface area contributed by atoms with Gasteiger partial charge in [-0.05, 0) is 48.4 Å². The van der Waals surface area contributed by atoms with Gasteiger partial charge in [0.25, 0.3) is 5.91 Å². The standard InChI is InChI=1S/C30H31N5O4/c1-37-24-10-11-28(38-2)22(15-24)18-35(14-12-21-16-32-26-9-4-3-8-25(21)26)19-29-34-27(20-39-29)30(36)33-17-23-7-5-6-13-31-23/h3-11,13,15-16,20,32H,12,14,17-19H2,1-2H3,(H,33,36). The highest BCUT2D eigenvalue weighted by atomic mass is 16.5. The van der Waals surface area contributed by atoms with Crippen molar-refractivity contribution >= 4 is 16.8 Å². The Hall–Kier alpha value is -4.63. The third kappa shape index (κ3) is 6.45. The smallest absolute Gasteiger partial charge is 0.273 e. The van der Waals surface area contributed by atoms with Gasteiger partial charge in [-0.2, -0.15) is 0 Å². The lowest BCUT2D eigenvalue weighted by Crippen LogP contribution is -2.26. The van der Waals surface area contributed by atoms with Crippen molar-refractivity contribution in [2.75, 3.05) is 20.8 Å². The van der Waals surface area contributed by atoms with Gasteiger partial charge in [0.15, 0.2) is 5.69 Å². The number of oxazole rings is 1. The fourth-order valence-electron chi connectivity index (χ4n) is 4.52. The molecule has 2 N–H and O–H groups in total. The van der Waals surface area contributed by atoms with E-state index in [0.717, 1.165) is 41.2 Å². The SMILES string of the molecule is COc1ccc(OC)c(CN(CCc2c[nH]c3ccccc23)Cc2nc(C(=O)NCc3ccccn3)co2)c1. The number of carbonyl (C=O) groups excluding carboxylic acids is 1. The van der Waals surface area contributed by atoms with Crippen LogP contribution in [0.3, 0.4) is 0 Å². The van der Waals surface area contributed by atoms with E-state index >= 15 is 0 Å².